The fraction of sp³-hybridized carbons (Fsp3) is 0.560. The molecular formula is C25H36N4O4. The van der Waals surface area contributed by atoms with E-state index in [-0.39, 0.29) is 30.5 Å². The minimum Gasteiger partial charge on any atom is -0.463 e. The Hall–Kier alpha value is -2.87. The lowest BCUT2D eigenvalue weighted by atomic mass is 9.91. The third-order valence-corrected chi connectivity index (χ3v) is 6.43. The second kappa shape index (κ2) is 10.4. The predicted molar refractivity (Wildman–Crippen MR) is 126 cm³/mol. The van der Waals surface area contributed by atoms with Crippen LogP contribution in [0.15, 0.2) is 35.5 Å². The molecule has 0 aliphatic carbocycles. The molecule has 0 unspecified atom stereocenters. The molecule has 33 heavy (non-hydrogen) atoms. The van der Waals surface area contributed by atoms with Gasteiger partial charge in [0.2, 0.25) is 5.91 Å². The van der Waals surface area contributed by atoms with Crippen LogP contribution in [-0.4, -0.2) is 78.5 Å². The van der Waals surface area contributed by atoms with Crippen LogP contribution in [0.3, 0.4) is 0 Å². The molecule has 3 rings (SSSR count). The topological polar surface area (TPSA) is 82.2 Å². The highest BCUT2D eigenvalue weighted by atomic mass is 16.5. The summed E-state index contributed by atoms with van der Waals surface area (Å²) in [6, 6.07) is 6.95. The molecule has 0 aromatic heterocycles. The second-order valence-corrected chi connectivity index (χ2v) is 9.15. The third kappa shape index (κ3) is 5.21. The molecule has 0 saturated carbocycles. The van der Waals surface area contributed by atoms with Crippen molar-refractivity contribution < 1.29 is 19.1 Å². The van der Waals surface area contributed by atoms with Crippen molar-refractivity contribution in [2.45, 2.75) is 46.7 Å². The summed E-state index contributed by atoms with van der Waals surface area (Å²) in [6.07, 6.45) is 0. The smallest absolute Gasteiger partial charge is 0.338 e. The number of urea groups is 1. The van der Waals surface area contributed by atoms with E-state index < -0.39 is 12.0 Å². The lowest BCUT2D eigenvalue weighted by Crippen LogP contribution is -2.56. The van der Waals surface area contributed by atoms with Crippen LogP contribution in [0, 0.1) is 12.8 Å². The number of benzene rings is 1. The number of ether oxygens (including phenoxy) is 1. The Balaban J connectivity index is 1.95. The number of likely N-dealkylation sites (N-methyl/N-ethyl adjacent to an activating group) is 1. The summed E-state index contributed by atoms with van der Waals surface area (Å²) in [6.45, 7) is 12.3. The number of esters is 1. The molecule has 2 aliphatic heterocycles. The van der Waals surface area contributed by atoms with Gasteiger partial charge in [0.15, 0.2) is 0 Å². The van der Waals surface area contributed by atoms with Gasteiger partial charge in [0, 0.05) is 50.9 Å². The van der Waals surface area contributed by atoms with Crippen molar-refractivity contribution in [2.75, 3.05) is 39.8 Å². The lowest BCUT2D eigenvalue weighted by molar-refractivity contribution is -0.139. The molecule has 1 aromatic rings. The molecule has 3 amide bonds. The van der Waals surface area contributed by atoms with E-state index in [4.69, 9.17) is 4.74 Å². The quantitative estimate of drug-likeness (QED) is 0.666. The maximum atomic E-state index is 13.1. The molecule has 2 atom stereocenters. The van der Waals surface area contributed by atoms with Crippen LogP contribution in [0.5, 0.6) is 0 Å². The number of carbonyl (C=O) groups excluding carboxylic acids is 3. The monoisotopic (exact) mass is 456 g/mol. The van der Waals surface area contributed by atoms with Gasteiger partial charge in [-0.3, -0.25) is 14.6 Å². The normalized spacial score (nSPS) is 22.0. The van der Waals surface area contributed by atoms with Crippen LogP contribution in [0.25, 0.3) is 0 Å². The van der Waals surface area contributed by atoms with Crippen molar-refractivity contribution in [1.29, 1.82) is 0 Å². The molecule has 1 aromatic carbocycles. The number of rotatable bonds is 6. The van der Waals surface area contributed by atoms with Gasteiger partial charge in [-0.2, -0.15) is 0 Å². The lowest BCUT2D eigenvalue weighted by Gasteiger charge is -2.43. The van der Waals surface area contributed by atoms with E-state index in [0.717, 1.165) is 11.1 Å². The highest BCUT2D eigenvalue weighted by Gasteiger charge is 2.38. The van der Waals surface area contributed by atoms with Gasteiger partial charge < -0.3 is 15.0 Å². The van der Waals surface area contributed by atoms with Gasteiger partial charge in [-0.15, -0.1) is 0 Å². The predicted octanol–water partition coefficient (Wildman–Crippen LogP) is 2.70. The van der Waals surface area contributed by atoms with Crippen LogP contribution < -0.4 is 5.32 Å². The number of amides is 3. The van der Waals surface area contributed by atoms with Crippen LogP contribution >= 0.6 is 0 Å². The molecule has 2 aliphatic rings. The van der Waals surface area contributed by atoms with E-state index in [1.54, 1.807) is 14.0 Å². The van der Waals surface area contributed by atoms with Gasteiger partial charge in [-0.05, 0) is 31.9 Å². The standard InChI is InChI=1S/C25H36N4O4/c1-7-33-24(31)21-20(15-28-12-13-29(18(5)14-28)23(30)16(2)3)27(6)25(32)26-22(21)19-11-9-8-10-17(19)4/h8-11,16,18,22H,7,12-15H2,1-6H3,(H,26,32)/t18-,22+/m1/s1. The van der Waals surface area contributed by atoms with E-state index in [9.17, 15) is 14.4 Å². The Bertz CT molecular complexity index is 942. The summed E-state index contributed by atoms with van der Waals surface area (Å²) < 4.78 is 5.43. The van der Waals surface area contributed by atoms with Crippen LogP contribution in [0.1, 0.15) is 44.9 Å². The number of nitrogens with zero attached hydrogens (tertiary/aromatic N) is 3. The van der Waals surface area contributed by atoms with E-state index in [0.29, 0.717) is 37.4 Å². The van der Waals surface area contributed by atoms with Crippen molar-refractivity contribution in [2.24, 2.45) is 5.92 Å². The Morgan fingerprint density at radius 3 is 2.52 bits per heavy atom. The van der Waals surface area contributed by atoms with Crippen molar-refractivity contribution >= 4 is 17.9 Å². The Kier molecular flexibility index (Phi) is 7.79. The van der Waals surface area contributed by atoms with Crippen molar-refractivity contribution in [3.63, 3.8) is 0 Å². The first-order valence-corrected chi connectivity index (χ1v) is 11.7. The molecule has 1 fully saturated rings. The molecule has 180 valence electrons. The fourth-order valence-electron chi connectivity index (χ4n) is 4.59. The van der Waals surface area contributed by atoms with Crippen molar-refractivity contribution in [3.05, 3.63) is 46.7 Å². The summed E-state index contributed by atoms with van der Waals surface area (Å²) in [4.78, 5) is 44.2. The van der Waals surface area contributed by atoms with Gasteiger partial charge in [-0.25, -0.2) is 9.59 Å². The van der Waals surface area contributed by atoms with E-state index in [1.807, 2.05) is 56.9 Å². The zero-order chi connectivity index (χ0) is 24.3. The Morgan fingerprint density at radius 1 is 1.21 bits per heavy atom. The zero-order valence-corrected chi connectivity index (χ0v) is 20.6. The SMILES string of the molecule is CCOC(=O)C1=C(CN2CCN(C(=O)C(C)C)[C@H](C)C2)N(C)C(=O)N[C@H]1c1ccccc1C. The molecule has 1 saturated heterocycles. The van der Waals surface area contributed by atoms with Gasteiger partial charge in [0.25, 0.3) is 0 Å². The number of nitrogens with one attached hydrogen (secondary N) is 1. The maximum Gasteiger partial charge on any atom is 0.338 e. The second-order valence-electron chi connectivity index (χ2n) is 9.15. The summed E-state index contributed by atoms with van der Waals surface area (Å²) >= 11 is 0. The molecule has 2 heterocycles. The van der Waals surface area contributed by atoms with Gasteiger partial charge in [0.1, 0.15) is 0 Å². The fourth-order valence-corrected chi connectivity index (χ4v) is 4.59. The van der Waals surface area contributed by atoms with E-state index in [2.05, 4.69) is 10.2 Å². The first-order chi connectivity index (χ1) is 15.6. The van der Waals surface area contributed by atoms with E-state index in [1.165, 1.54) is 4.90 Å². The summed E-state index contributed by atoms with van der Waals surface area (Å²) in [7, 11) is 1.68. The van der Waals surface area contributed by atoms with Crippen molar-refractivity contribution in [3.8, 4) is 0 Å². The molecule has 8 nitrogen and oxygen atoms in total. The van der Waals surface area contributed by atoms with E-state index >= 15 is 0 Å². The van der Waals surface area contributed by atoms with Crippen LogP contribution in [0.4, 0.5) is 4.79 Å². The maximum absolute atomic E-state index is 13.1. The summed E-state index contributed by atoms with van der Waals surface area (Å²) in [5, 5.41) is 2.98. The average molecular weight is 457 g/mol. The van der Waals surface area contributed by atoms with Crippen LogP contribution in [0.2, 0.25) is 0 Å². The highest BCUT2D eigenvalue weighted by Crippen LogP contribution is 2.33. The van der Waals surface area contributed by atoms with Crippen molar-refractivity contribution in [1.82, 2.24) is 20.0 Å². The molecule has 0 spiro atoms. The number of hydrogen-bond acceptors (Lipinski definition) is 5. The molecule has 0 bridgehead atoms. The average Bonchev–Trinajstić information content (AvgIpc) is 2.77. The van der Waals surface area contributed by atoms with Gasteiger partial charge >= 0.3 is 12.0 Å². The first kappa shape index (κ1) is 24.8. The molecule has 8 heteroatoms. The number of carbonyl (C=O) groups is 3. The van der Waals surface area contributed by atoms with Crippen LogP contribution in [-0.2, 0) is 14.3 Å². The summed E-state index contributed by atoms with van der Waals surface area (Å²) in [5.41, 5.74) is 2.96. The minimum atomic E-state index is -0.579. The number of aryl methyl sites for hydroxylation is 1. The summed E-state index contributed by atoms with van der Waals surface area (Å²) in [5.74, 6) is -0.309. The first-order valence-electron chi connectivity index (χ1n) is 11.7. The highest BCUT2D eigenvalue weighted by molar-refractivity contribution is 5.95. The molecule has 1 N–H and O–H groups in total. The molecule has 0 radical (unpaired) electrons. The largest absolute Gasteiger partial charge is 0.463 e. The number of hydrogen-bond donors (Lipinski definition) is 1. The Morgan fingerprint density at radius 2 is 1.91 bits per heavy atom. The Labute approximate surface area is 196 Å². The minimum absolute atomic E-state index is 0.0415. The molecular weight excluding hydrogens is 420 g/mol. The van der Waals surface area contributed by atoms with Gasteiger partial charge in [0.05, 0.1) is 18.2 Å². The third-order valence-electron chi connectivity index (χ3n) is 6.43. The van der Waals surface area contributed by atoms with Gasteiger partial charge in [-0.1, -0.05) is 38.1 Å². The number of piperazine rings is 1. The zero-order valence-electron chi connectivity index (χ0n) is 20.6.